The van der Waals surface area contributed by atoms with Gasteiger partial charge >= 0.3 is 6.18 Å². The molecule has 5 heterocycles. The fourth-order valence-electron chi connectivity index (χ4n) is 6.42. The van der Waals surface area contributed by atoms with Crippen LogP contribution >= 0.6 is 0 Å². The molecule has 0 bridgehead atoms. The van der Waals surface area contributed by atoms with E-state index < -0.39 is 17.8 Å². The lowest BCUT2D eigenvalue weighted by molar-refractivity contribution is -0.140. The number of aromatic amines is 2. The lowest BCUT2D eigenvalue weighted by Gasteiger charge is -2.37. The molecule has 4 aromatic rings. The number of rotatable bonds is 9. The molecule has 3 amide bonds. The van der Waals surface area contributed by atoms with Gasteiger partial charge in [0.05, 0.1) is 17.5 Å². The van der Waals surface area contributed by atoms with Crippen LogP contribution in [-0.2, 0) is 30.4 Å². The summed E-state index contributed by atoms with van der Waals surface area (Å²) in [6.45, 7) is 5.72. The summed E-state index contributed by atoms with van der Waals surface area (Å²) in [5.74, 6) is -0.625. The number of hydrogen-bond acceptors (Lipinski definition) is 7. The first-order valence-electron chi connectivity index (χ1n) is 16.4. The van der Waals surface area contributed by atoms with Gasteiger partial charge in [-0.1, -0.05) is 25.1 Å². The fourth-order valence-corrected chi connectivity index (χ4v) is 6.42. The van der Waals surface area contributed by atoms with Crippen LogP contribution in [0.2, 0.25) is 0 Å². The number of benzene rings is 1. The zero-order valence-corrected chi connectivity index (χ0v) is 27.1. The Bertz CT molecular complexity index is 1790. The minimum Gasteiger partial charge on any atom is -0.345 e. The third kappa shape index (κ3) is 7.66. The summed E-state index contributed by atoms with van der Waals surface area (Å²) < 4.78 is 41.6. The van der Waals surface area contributed by atoms with E-state index in [1.165, 1.54) is 6.20 Å². The SMILES string of the molecule is CCc1cc(CNC(=O)c2ncc(-c3c(C(F)(F)F)n[nH]c3Cc3cccnc3)[nH]2)ccc1C(=O)N1CCN(C(=O)C2CCNCC2)CC1. The highest BCUT2D eigenvalue weighted by atomic mass is 19.4. The number of nitrogens with one attached hydrogen (secondary N) is 4. The van der Waals surface area contributed by atoms with Crippen LogP contribution in [0.5, 0.6) is 0 Å². The zero-order chi connectivity index (χ0) is 34.5. The van der Waals surface area contributed by atoms with Crippen molar-refractivity contribution in [3.63, 3.8) is 0 Å². The smallest absolute Gasteiger partial charge is 0.345 e. The molecule has 1 aromatic carbocycles. The summed E-state index contributed by atoms with van der Waals surface area (Å²) in [6, 6.07) is 8.81. The number of piperazine rings is 1. The minimum atomic E-state index is -4.74. The van der Waals surface area contributed by atoms with Crippen LogP contribution in [0.25, 0.3) is 11.3 Å². The van der Waals surface area contributed by atoms with Crippen LogP contribution in [-0.4, -0.2) is 91.9 Å². The number of amides is 3. The Morgan fingerprint density at radius 3 is 2.45 bits per heavy atom. The molecule has 12 nitrogen and oxygen atoms in total. The van der Waals surface area contributed by atoms with E-state index >= 15 is 0 Å². The molecule has 0 unspecified atom stereocenters. The van der Waals surface area contributed by atoms with Crippen molar-refractivity contribution in [2.45, 2.75) is 45.3 Å². The molecular formula is C34H38F3N9O3. The number of aryl methyl sites for hydroxylation is 1. The third-order valence-electron chi connectivity index (χ3n) is 9.07. The Morgan fingerprint density at radius 2 is 1.76 bits per heavy atom. The van der Waals surface area contributed by atoms with E-state index in [4.69, 9.17) is 0 Å². The Kier molecular flexibility index (Phi) is 10.1. The first-order chi connectivity index (χ1) is 23.6. The van der Waals surface area contributed by atoms with Crippen LogP contribution in [0, 0.1) is 5.92 Å². The maximum atomic E-state index is 13.9. The fraction of sp³-hybridized carbons (Fsp3) is 0.412. The molecule has 2 fully saturated rings. The maximum Gasteiger partial charge on any atom is 0.435 e. The highest BCUT2D eigenvalue weighted by Gasteiger charge is 2.39. The van der Waals surface area contributed by atoms with Crippen molar-refractivity contribution in [3.05, 3.63) is 88.4 Å². The number of piperidine rings is 1. The highest BCUT2D eigenvalue weighted by Crippen LogP contribution is 2.37. The predicted molar refractivity (Wildman–Crippen MR) is 173 cm³/mol. The summed E-state index contributed by atoms with van der Waals surface area (Å²) >= 11 is 0. The Balaban J connectivity index is 1.08. The second-order valence-electron chi connectivity index (χ2n) is 12.3. The van der Waals surface area contributed by atoms with E-state index in [2.05, 4.69) is 35.8 Å². The molecule has 0 radical (unpaired) electrons. The summed E-state index contributed by atoms with van der Waals surface area (Å²) in [5.41, 5.74) is 1.70. The number of alkyl halides is 3. The third-order valence-corrected chi connectivity index (χ3v) is 9.07. The normalized spacial score (nSPS) is 15.8. The number of H-pyrrole nitrogens is 2. The van der Waals surface area contributed by atoms with Crippen molar-refractivity contribution in [1.82, 2.24) is 45.6 Å². The second kappa shape index (κ2) is 14.6. The largest absolute Gasteiger partial charge is 0.435 e. The molecule has 2 aliphatic rings. The average molecular weight is 678 g/mol. The van der Waals surface area contributed by atoms with Crippen molar-refractivity contribution in [3.8, 4) is 11.3 Å². The van der Waals surface area contributed by atoms with Crippen LogP contribution in [0.1, 0.15) is 68.8 Å². The minimum absolute atomic E-state index is 0.00210. The predicted octanol–water partition coefficient (Wildman–Crippen LogP) is 3.58. The lowest BCUT2D eigenvalue weighted by Crippen LogP contribution is -2.52. The van der Waals surface area contributed by atoms with E-state index in [0.717, 1.165) is 37.1 Å². The van der Waals surface area contributed by atoms with Gasteiger partial charge in [0.1, 0.15) is 0 Å². The highest BCUT2D eigenvalue weighted by molar-refractivity contribution is 5.96. The standard InChI is InChI=1S/C34H38F3N9O3/c1-2-23-16-22(5-6-25(23)33(49)46-14-12-45(13-15-46)32(48)24-7-10-38-11-8-24)19-41-31(47)30-40-20-27(42-30)28-26(17-21-4-3-9-39-18-21)43-44-29(28)34(35,36)37/h3-6,9,16,18,20,24,38H,2,7-8,10-15,17,19H2,1H3,(H,40,42)(H,41,47)(H,43,44). The Labute approximate surface area is 280 Å². The number of pyridine rings is 1. The summed E-state index contributed by atoms with van der Waals surface area (Å²) in [6.07, 6.45) is 1.95. The van der Waals surface area contributed by atoms with Gasteiger partial charge in [0.2, 0.25) is 5.91 Å². The van der Waals surface area contributed by atoms with Gasteiger partial charge in [0, 0.05) is 68.7 Å². The molecule has 0 saturated carbocycles. The Morgan fingerprint density at radius 1 is 1.00 bits per heavy atom. The molecule has 15 heteroatoms. The van der Waals surface area contributed by atoms with E-state index in [-0.39, 0.29) is 53.5 Å². The maximum absolute atomic E-state index is 13.9. The number of halogens is 3. The van der Waals surface area contributed by atoms with Gasteiger partial charge in [-0.25, -0.2) is 4.98 Å². The monoisotopic (exact) mass is 677 g/mol. The van der Waals surface area contributed by atoms with Crippen molar-refractivity contribution >= 4 is 17.7 Å². The van der Waals surface area contributed by atoms with E-state index in [1.807, 2.05) is 17.9 Å². The van der Waals surface area contributed by atoms with Crippen molar-refractivity contribution in [1.29, 1.82) is 0 Å². The molecular weight excluding hydrogens is 639 g/mol. The van der Waals surface area contributed by atoms with Crippen LogP contribution in [0.3, 0.4) is 0 Å². The van der Waals surface area contributed by atoms with Gasteiger partial charge in [-0.15, -0.1) is 0 Å². The van der Waals surface area contributed by atoms with Crippen LogP contribution in [0.15, 0.2) is 48.9 Å². The number of carbonyl (C=O) groups excluding carboxylic acids is 3. The van der Waals surface area contributed by atoms with Gasteiger partial charge in [-0.05, 0) is 61.2 Å². The van der Waals surface area contributed by atoms with E-state index in [0.29, 0.717) is 43.7 Å². The number of hydrogen-bond donors (Lipinski definition) is 4. The van der Waals surface area contributed by atoms with Gasteiger partial charge in [0.25, 0.3) is 11.8 Å². The van der Waals surface area contributed by atoms with Gasteiger partial charge < -0.3 is 25.4 Å². The average Bonchev–Trinajstić information content (AvgIpc) is 3.78. The van der Waals surface area contributed by atoms with Crippen LogP contribution in [0.4, 0.5) is 13.2 Å². The lowest BCUT2D eigenvalue weighted by atomic mass is 9.96. The molecule has 3 aromatic heterocycles. The Hall–Kier alpha value is -5.05. The van der Waals surface area contributed by atoms with Gasteiger partial charge in [-0.2, -0.15) is 18.3 Å². The first kappa shape index (κ1) is 33.8. The number of aromatic nitrogens is 5. The van der Waals surface area contributed by atoms with Crippen molar-refractivity contribution in [2.75, 3.05) is 39.3 Å². The molecule has 258 valence electrons. The molecule has 0 atom stereocenters. The topological polar surface area (TPSA) is 152 Å². The number of imidazole rings is 1. The number of nitrogens with zero attached hydrogens (tertiary/aromatic N) is 5. The zero-order valence-electron chi connectivity index (χ0n) is 27.1. The van der Waals surface area contributed by atoms with E-state index in [1.54, 1.807) is 41.6 Å². The van der Waals surface area contributed by atoms with Gasteiger partial charge in [-0.3, -0.25) is 24.5 Å². The summed E-state index contributed by atoms with van der Waals surface area (Å²) in [5, 5.41) is 12.0. The first-order valence-corrected chi connectivity index (χ1v) is 16.4. The van der Waals surface area contributed by atoms with Crippen molar-refractivity contribution in [2.24, 2.45) is 5.92 Å². The summed E-state index contributed by atoms with van der Waals surface area (Å²) in [7, 11) is 0. The summed E-state index contributed by atoms with van der Waals surface area (Å²) in [4.78, 5) is 53.9. The molecule has 2 saturated heterocycles. The van der Waals surface area contributed by atoms with E-state index in [9.17, 15) is 27.6 Å². The molecule has 0 aliphatic carbocycles. The second-order valence-corrected chi connectivity index (χ2v) is 12.3. The van der Waals surface area contributed by atoms with Crippen LogP contribution < -0.4 is 10.6 Å². The number of carbonyl (C=O) groups is 3. The molecule has 49 heavy (non-hydrogen) atoms. The molecule has 4 N–H and O–H groups in total. The van der Waals surface area contributed by atoms with Crippen molar-refractivity contribution < 1.29 is 27.6 Å². The van der Waals surface area contributed by atoms with Gasteiger partial charge in [0.15, 0.2) is 11.5 Å². The molecule has 6 rings (SSSR count). The molecule has 2 aliphatic heterocycles. The molecule has 0 spiro atoms. The quantitative estimate of drug-likeness (QED) is 0.211.